The molecule has 0 saturated carbocycles. The number of methoxy groups -OCH3 is 1. The average Bonchev–Trinajstić information content (AvgIpc) is 3.03. The predicted molar refractivity (Wildman–Crippen MR) is 119 cm³/mol. The molecule has 7 heteroatoms. The smallest absolute Gasteiger partial charge is 0.241 e. The molecular weight excluding hydrogens is 397 g/mol. The lowest BCUT2D eigenvalue weighted by Gasteiger charge is -2.27. The van der Waals surface area contributed by atoms with Crippen molar-refractivity contribution in [3.8, 4) is 5.75 Å². The Morgan fingerprint density at radius 3 is 2.58 bits per heavy atom. The second-order valence-electron chi connectivity index (χ2n) is 7.79. The Hall–Kier alpha value is -2.93. The van der Waals surface area contributed by atoms with Crippen molar-refractivity contribution in [1.29, 1.82) is 0 Å². The van der Waals surface area contributed by atoms with Gasteiger partial charge in [-0.3, -0.25) is 14.5 Å². The summed E-state index contributed by atoms with van der Waals surface area (Å²) in [5, 5.41) is 2.77. The summed E-state index contributed by atoms with van der Waals surface area (Å²) in [7, 11) is 1.63. The molecular formula is C24H30FN3O3. The lowest BCUT2D eigenvalue weighted by molar-refractivity contribution is -0.131. The van der Waals surface area contributed by atoms with E-state index in [1.807, 2.05) is 36.1 Å². The highest BCUT2D eigenvalue weighted by Crippen LogP contribution is 2.15. The zero-order valence-corrected chi connectivity index (χ0v) is 18.1. The second-order valence-corrected chi connectivity index (χ2v) is 7.79. The van der Waals surface area contributed by atoms with Crippen molar-refractivity contribution >= 4 is 17.5 Å². The molecule has 1 atom stereocenters. The van der Waals surface area contributed by atoms with Gasteiger partial charge < -0.3 is 15.0 Å². The number of anilines is 1. The molecule has 31 heavy (non-hydrogen) atoms. The summed E-state index contributed by atoms with van der Waals surface area (Å²) in [4.78, 5) is 29.3. The molecule has 1 unspecified atom stereocenters. The normalized spacial score (nSPS) is 15.8. The minimum atomic E-state index is -0.385. The van der Waals surface area contributed by atoms with E-state index in [9.17, 15) is 14.0 Å². The van der Waals surface area contributed by atoms with E-state index in [2.05, 4.69) is 10.2 Å². The summed E-state index contributed by atoms with van der Waals surface area (Å²) >= 11 is 0. The molecule has 1 saturated heterocycles. The van der Waals surface area contributed by atoms with Crippen LogP contribution in [0.2, 0.25) is 0 Å². The van der Waals surface area contributed by atoms with Crippen molar-refractivity contribution in [3.05, 3.63) is 59.9 Å². The summed E-state index contributed by atoms with van der Waals surface area (Å²) in [5.74, 6) is 0.377. The van der Waals surface area contributed by atoms with E-state index < -0.39 is 0 Å². The highest BCUT2D eigenvalue weighted by Gasteiger charge is 2.25. The number of hydrogen-bond donors (Lipinski definition) is 1. The van der Waals surface area contributed by atoms with Crippen LogP contribution in [0.15, 0.2) is 48.5 Å². The Morgan fingerprint density at radius 2 is 1.87 bits per heavy atom. The molecule has 2 aromatic carbocycles. The first-order chi connectivity index (χ1) is 15.0. The van der Waals surface area contributed by atoms with Gasteiger partial charge in [0.25, 0.3) is 0 Å². The quantitative estimate of drug-likeness (QED) is 0.736. The van der Waals surface area contributed by atoms with E-state index in [-0.39, 0.29) is 23.7 Å². The number of rotatable bonds is 7. The van der Waals surface area contributed by atoms with Gasteiger partial charge in [-0.05, 0) is 55.7 Å². The van der Waals surface area contributed by atoms with Crippen LogP contribution in [-0.4, -0.2) is 60.9 Å². The van der Waals surface area contributed by atoms with Crippen LogP contribution in [-0.2, 0) is 16.0 Å². The van der Waals surface area contributed by atoms with E-state index in [1.165, 1.54) is 12.1 Å². The number of carbonyl (C=O) groups excluding carboxylic acids is 2. The largest absolute Gasteiger partial charge is 0.497 e. The first kappa shape index (κ1) is 22.7. The number of aryl methyl sites for hydroxylation is 1. The van der Waals surface area contributed by atoms with Gasteiger partial charge in [0.2, 0.25) is 11.8 Å². The third-order valence-corrected chi connectivity index (χ3v) is 5.69. The molecule has 1 heterocycles. The first-order valence-electron chi connectivity index (χ1n) is 10.7. The minimum absolute atomic E-state index is 0.134. The van der Waals surface area contributed by atoms with Crippen LogP contribution in [0.4, 0.5) is 10.1 Å². The fraction of sp³-hybridized carbons (Fsp3) is 0.417. The highest BCUT2D eigenvalue weighted by molar-refractivity contribution is 5.94. The number of nitrogens with zero attached hydrogens (tertiary/aromatic N) is 2. The van der Waals surface area contributed by atoms with Crippen molar-refractivity contribution in [2.45, 2.75) is 32.2 Å². The number of hydrogen-bond acceptors (Lipinski definition) is 4. The topological polar surface area (TPSA) is 61.9 Å². The summed E-state index contributed by atoms with van der Waals surface area (Å²) in [6, 6.07) is 13.3. The van der Waals surface area contributed by atoms with Gasteiger partial charge in [0.15, 0.2) is 0 Å². The Morgan fingerprint density at radius 1 is 1.10 bits per heavy atom. The summed E-state index contributed by atoms with van der Waals surface area (Å²) < 4.78 is 18.5. The zero-order chi connectivity index (χ0) is 22.2. The summed E-state index contributed by atoms with van der Waals surface area (Å²) in [5.41, 5.74) is 1.55. The van der Waals surface area contributed by atoms with Gasteiger partial charge in [-0.25, -0.2) is 4.39 Å². The molecule has 1 aliphatic heterocycles. The maximum atomic E-state index is 13.3. The standard InChI is InChI=1S/C24H30FN3O3/c1-18(24(30)26-21-6-3-5-20(25)17-21)27-13-4-14-28(16-15-27)23(29)12-9-19-7-10-22(31-2)11-8-19/h3,5-8,10-11,17-18H,4,9,12-16H2,1-2H3,(H,26,30). The van der Waals surface area contributed by atoms with Crippen molar-refractivity contribution in [2.75, 3.05) is 38.6 Å². The number of ether oxygens (including phenoxy) is 1. The molecule has 2 aromatic rings. The van der Waals surface area contributed by atoms with Crippen molar-refractivity contribution in [2.24, 2.45) is 0 Å². The van der Waals surface area contributed by atoms with Crippen molar-refractivity contribution < 1.29 is 18.7 Å². The molecule has 1 N–H and O–H groups in total. The van der Waals surface area contributed by atoms with Gasteiger partial charge in [0.05, 0.1) is 13.2 Å². The van der Waals surface area contributed by atoms with Gasteiger partial charge in [-0.1, -0.05) is 18.2 Å². The molecule has 166 valence electrons. The van der Waals surface area contributed by atoms with Crippen LogP contribution in [0.25, 0.3) is 0 Å². The number of carbonyl (C=O) groups is 2. The van der Waals surface area contributed by atoms with Crippen molar-refractivity contribution in [1.82, 2.24) is 9.80 Å². The Bertz CT molecular complexity index is 888. The predicted octanol–water partition coefficient (Wildman–Crippen LogP) is 3.33. The van der Waals surface area contributed by atoms with Gasteiger partial charge >= 0.3 is 0 Å². The molecule has 0 bridgehead atoms. The number of halogens is 1. The molecule has 6 nitrogen and oxygen atoms in total. The fourth-order valence-electron chi connectivity index (χ4n) is 3.75. The minimum Gasteiger partial charge on any atom is -0.497 e. The highest BCUT2D eigenvalue weighted by atomic mass is 19.1. The van der Waals surface area contributed by atoms with Crippen LogP contribution in [0.1, 0.15) is 25.3 Å². The Labute approximate surface area is 183 Å². The molecule has 1 aliphatic rings. The number of amides is 2. The van der Waals surface area contributed by atoms with E-state index >= 15 is 0 Å². The average molecular weight is 428 g/mol. The van der Waals surface area contributed by atoms with Gasteiger partial charge in [0.1, 0.15) is 11.6 Å². The molecule has 0 aliphatic carbocycles. The van der Waals surface area contributed by atoms with Crippen LogP contribution in [0, 0.1) is 5.82 Å². The molecule has 2 amide bonds. The van der Waals surface area contributed by atoms with Gasteiger partial charge in [0, 0.05) is 38.3 Å². The molecule has 3 rings (SSSR count). The molecule has 0 aromatic heterocycles. The third-order valence-electron chi connectivity index (χ3n) is 5.69. The van der Waals surface area contributed by atoms with Crippen molar-refractivity contribution in [3.63, 3.8) is 0 Å². The van der Waals surface area contributed by atoms with Crippen LogP contribution < -0.4 is 10.1 Å². The van der Waals surface area contributed by atoms with Crippen LogP contribution >= 0.6 is 0 Å². The zero-order valence-electron chi connectivity index (χ0n) is 18.1. The van der Waals surface area contributed by atoms with Gasteiger partial charge in [-0.15, -0.1) is 0 Å². The van der Waals surface area contributed by atoms with E-state index in [0.717, 1.165) is 24.3 Å². The SMILES string of the molecule is COc1ccc(CCC(=O)N2CCCN(C(C)C(=O)Nc3cccc(F)c3)CC2)cc1. The number of benzene rings is 2. The lowest BCUT2D eigenvalue weighted by Crippen LogP contribution is -2.44. The lowest BCUT2D eigenvalue weighted by atomic mass is 10.1. The fourth-order valence-corrected chi connectivity index (χ4v) is 3.75. The molecule has 0 spiro atoms. The van der Waals surface area contributed by atoms with E-state index in [4.69, 9.17) is 4.74 Å². The van der Waals surface area contributed by atoms with E-state index in [1.54, 1.807) is 19.2 Å². The maximum absolute atomic E-state index is 13.3. The van der Waals surface area contributed by atoms with Crippen LogP contribution in [0.3, 0.4) is 0 Å². The number of nitrogens with one attached hydrogen (secondary N) is 1. The monoisotopic (exact) mass is 427 g/mol. The van der Waals surface area contributed by atoms with Crippen LogP contribution in [0.5, 0.6) is 5.75 Å². The Kier molecular flexibility index (Phi) is 8.00. The second kappa shape index (κ2) is 10.9. The molecule has 1 fully saturated rings. The summed E-state index contributed by atoms with van der Waals surface area (Å²) in [6.45, 7) is 4.50. The molecule has 0 radical (unpaired) electrons. The van der Waals surface area contributed by atoms with Gasteiger partial charge in [-0.2, -0.15) is 0 Å². The maximum Gasteiger partial charge on any atom is 0.241 e. The van der Waals surface area contributed by atoms with E-state index in [0.29, 0.717) is 38.2 Å². The third kappa shape index (κ3) is 6.52. The Balaban J connectivity index is 1.48. The first-order valence-corrected chi connectivity index (χ1v) is 10.7. The summed E-state index contributed by atoms with van der Waals surface area (Å²) in [6.07, 6.45) is 1.96.